The maximum absolute atomic E-state index is 12.3. The number of aromatic nitrogens is 2. The third-order valence-corrected chi connectivity index (χ3v) is 4.39. The van der Waals surface area contributed by atoms with Crippen molar-refractivity contribution in [3.05, 3.63) is 25.0 Å². The van der Waals surface area contributed by atoms with Crippen LogP contribution in [0.3, 0.4) is 0 Å². The van der Waals surface area contributed by atoms with Crippen molar-refractivity contribution in [2.75, 3.05) is 6.54 Å². The maximum atomic E-state index is 12.3. The summed E-state index contributed by atoms with van der Waals surface area (Å²) in [6.07, 6.45) is 3.86. The minimum absolute atomic E-state index is 0.0238. The highest BCUT2D eigenvalue weighted by molar-refractivity contribution is 7.89. The molecule has 19 heavy (non-hydrogen) atoms. The molecule has 0 aliphatic carbocycles. The van der Waals surface area contributed by atoms with Crippen LogP contribution in [0.5, 0.6) is 0 Å². The van der Waals surface area contributed by atoms with Crippen molar-refractivity contribution in [1.29, 1.82) is 0 Å². The molecule has 0 fully saturated rings. The summed E-state index contributed by atoms with van der Waals surface area (Å²) in [6.45, 7) is 6.84. The van der Waals surface area contributed by atoms with Gasteiger partial charge in [-0.05, 0) is 13.8 Å². The smallest absolute Gasteiger partial charge is 0.325 e. The Morgan fingerprint density at radius 1 is 1.63 bits per heavy atom. The minimum atomic E-state index is -3.69. The lowest BCUT2D eigenvalue weighted by molar-refractivity contribution is -0.137. The summed E-state index contributed by atoms with van der Waals surface area (Å²) in [5.41, 5.74) is 0. The highest BCUT2D eigenvalue weighted by Gasteiger charge is 2.27. The van der Waals surface area contributed by atoms with Crippen LogP contribution in [-0.4, -0.2) is 46.2 Å². The Morgan fingerprint density at radius 2 is 2.26 bits per heavy atom. The lowest BCUT2D eigenvalue weighted by Crippen LogP contribution is -2.36. The molecule has 0 aromatic carbocycles. The molecular formula is C11H17N3O4S. The number of sulfonamides is 1. The summed E-state index contributed by atoms with van der Waals surface area (Å²) in [7, 11) is -3.69. The minimum Gasteiger partial charge on any atom is -0.480 e. The zero-order chi connectivity index (χ0) is 14.6. The van der Waals surface area contributed by atoms with Gasteiger partial charge >= 0.3 is 5.97 Å². The van der Waals surface area contributed by atoms with Gasteiger partial charge < -0.3 is 5.11 Å². The number of aliphatic carboxylic acids is 1. The number of hydrogen-bond acceptors (Lipinski definition) is 4. The lowest BCUT2D eigenvalue weighted by Gasteiger charge is -2.23. The molecule has 1 rings (SSSR count). The normalized spacial score (nSPS) is 12.0. The van der Waals surface area contributed by atoms with Crippen LogP contribution >= 0.6 is 0 Å². The fourth-order valence-electron chi connectivity index (χ4n) is 1.55. The van der Waals surface area contributed by atoms with E-state index in [1.165, 1.54) is 16.6 Å². The predicted molar refractivity (Wildman–Crippen MR) is 69.1 cm³/mol. The Balaban J connectivity index is 3.07. The van der Waals surface area contributed by atoms with E-state index in [1.54, 1.807) is 13.8 Å². The van der Waals surface area contributed by atoms with Gasteiger partial charge in [0.2, 0.25) is 10.0 Å². The van der Waals surface area contributed by atoms with Crippen LogP contribution in [0.25, 0.3) is 0 Å². The SMILES string of the molecule is C=CCN(C(C)C)S(=O)(=O)c1cnn(CC(=O)O)c1. The van der Waals surface area contributed by atoms with Crippen molar-refractivity contribution in [1.82, 2.24) is 14.1 Å². The first-order valence-electron chi connectivity index (χ1n) is 5.66. The molecule has 1 aromatic heterocycles. The molecule has 1 N–H and O–H groups in total. The molecule has 0 saturated heterocycles. The van der Waals surface area contributed by atoms with Crippen LogP contribution in [-0.2, 0) is 21.4 Å². The second-order valence-corrected chi connectivity index (χ2v) is 6.12. The fraction of sp³-hybridized carbons (Fsp3) is 0.455. The highest BCUT2D eigenvalue weighted by Crippen LogP contribution is 2.17. The first-order chi connectivity index (χ1) is 8.78. The standard InChI is InChI=1S/C11H17N3O4S/c1-4-5-14(9(2)3)19(17,18)10-6-12-13(7-10)8-11(15)16/h4,6-7,9H,1,5,8H2,2-3H3,(H,15,16). The van der Waals surface area contributed by atoms with Gasteiger partial charge in [0.15, 0.2) is 0 Å². The molecule has 1 heterocycles. The van der Waals surface area contributed by atoms with Gasteiger partial charge in [0, 0.05) is 18.8 Å². The zero-order valence-electron chi connectivity index (χ0n) is 10.9. The molecule has 0 unspecified atom stereocenters. The van der Waals surface area contributed by atoms with Crippen molar-refractivity contribution in [2.24, 2.45) is 0 Å². The first-order valence-corrected chi connectivity index (χ1v) is 7.10. The van der Waals surface area contributed by atoms with Crippen LogP contribution < -0.4 is 0 Å². The van der Waals surface area contributed by atoms with Gasteiger partial charge in [0.05, 0.1) is 6.20 Å². The van der Waals surface area contributed by atoms with Gasteiger partial charge in [0.1, 0.15) is 11.4 Å². The molecule has 0 aliphatic rings. The summed E-state index contributed by atoms with van der Waals surface area (Å²) < 4.78 is 27.0. The Bertz CT molecular complexity index is 562. The maximum Gasteiger partial charge on any atom is 0.325 e. The highest BCUT2D eigenvalue weighted by atomic mass is 32.2. The Morgan fingerprint density at radius 3 is 2.74 bits per heavy atom. The van der Waals surface area contributed by atoms with Crippen LogP contribution in [0, 0.1) is 0 Å². The molecular weight excluding hydrogens is 270 g/mol. The molecule has 7 nitrogen and oxygen atoms in total. The van der Waals surface area contributed by atoms with Gasteiger partial charge in [-0.1, -0.05) is 6.08 Å². The van der Waals surface area contributed by atoms with Gasteiger partial charge in [0.25, 0.3) is 0 Å². The quantitative estimate of drug-likeness (QED) is 0.739. The Kier molecular flexibility index (Phi) is 4.84. The summed E-state index contributed by atoms with van der Waals surface area (Å²) in [6, 6.07) is -0.231. The number of carboxylic acid groups (broad SMARTS) is 1. The van der Waals surface area contributed by atoms with Crippen molar-refractivity contribution in [3.8, 4) is 0 Å². The average Bonchev–Trinajstić information content (AvgIpc) is 2.73. The summed E-state index contributed by atoms with van der Waals surface area (Å²) in [4.78, 5) is 10.5. The lowest BCUT2D eigenvalue weighted by atomic mass is 10.4. The summed E-state index contributed by atoms with van der Waals surface area (Å²) in [5, 5.41) is 12.4. The van der Waals surface area contributed by atoms with Crippen molar-refractivity contribution in [3.63, 3.8) is 0 Å². The number of rotatable bonds is 7. The van der Waals surface area contributed by atoms with E-state index >= 15 is 0 Å². The van der Waals surface area contributed by atoms with E-state index in [1.807, 2.05) is 0 Å². The van der Waals surface area contributed by atoms with E-state index < -0.39 is 16.0 Å². The molecule has 0 saturated carbocycles. The molecule has 0 amide bonds. The summed E-state index contributed by atoms with van der Waals surface area (Å²) in [5.74, 6) is -1.08. The summed E-state index contributed by atoms with van der Waals surface area (Å²) >= 11 is 0. The second kappa shape index (κ2) is 5.98. The van der Waals surface area contributed by atoms with Crippen molar-refractivity contribution >= 4 is 16.0 Å². The molecule has 106 valence electrons. The predicted octanol–water partition coefficient (Wildman–Crippen LogP) is 0.553. The first kappa shape index (κ1) is 15.4. The third kappa shape index (κ3) is 3.65. The van der Waals surface area contributed by atoms with Crippen LogP contribution in [0.2, 0.25) is 0 Å². The van der Waals surface area contributed by atoms with Crippen molar-refractivity contribution in [2.45, 2.75) is 31.3 Å². The van der Waals surface area contributed by atoms with E-state index in [2.05, 4.69) is 11.7 Å². The van der Waals surface area contributed by atoms with Gasteiger partial charge in [-0.15, -0.1) is 6.58 Å². The van der Waals surface area contributed by atoms with Crippen LogP contribution in [0.4, 0.5) is 0 Å². The number of hydrogen-bond donors (Lipinski definition) is 1. The number of nitrogens with zero attached hydrogens (tertiary/aromatic N) is 3. The van der Waals surface area contributed by atoms with E-state index in [0.29, 0.717) is 0 Å². The van der Waals surface area contributed by atoms with E-state index in [4.69, 9.17) is 5.11 Å². The Hall–Kier alpha value is -1.67. The van der Waals surface area contributed by atoms with Gasteiger partial charge in [-0.3, -0.25) is 9.48 Å². The molecule has 0 aliphatic heterocycles. The van der Waals surface area contributed by atoms with Crippen LogP contribution in [0.15, 0.2) is 29.9 Å². The van der Waals surface area contributed by atoms with Gasteiger partial charge in [-0.25, -0.2) is 8.42 Å². The fourth-order valence-corrected chi connectivity index (χ4v) is 3.11. The van der Waals surface area contributed by atoms with Crippen LogP contribution in [0.1, 0.15) is 13.8 Å². The van der Waals surface area contributed by atoms with E-state index in [0.717, 1.165) is 10.9 Å². The molecule has 0 atom stereocenters. The monoisotopic (exact) mass is 287 g/mol. The van der Waals surface area contributed by atoms with E-state index in [9.17, 15) is 13.2 Å². The van der Waals surface area contributed by atoms with E-state index in [-0.39, 0.29) is 24.0 Å². The number of carbonyl (C=O) groups is 1. The van der Waals surface area contributed by atoms with Crippen molar-refractivity contribution < 1.29 is 18.3 Å². The zero-order valence-corrected chi connectivity index (χ0v) is 11.7. The Labute approximate surface area is 112 Å². The van der Waals surface area contributed by atoms with Gasteiger partial charge in [-0.2, -0.15) is 9.40 Å². The number of carboxylic acids is 1. The largest absolute Gasteiger partial charge is 0.480 e. The molecule has 8 heteroatoms. The molecule has 0 spiro atoms. The molecule has 1 aromatic rings. The topological polar surface area (TPSA) is 92.5 Å². The molecule has 0 bridgehead atoms. The average molecular weight is 287 g/mol. The molecule has 0 radical (unpaired) electrons. The second-order valence-electron chi connectivity index (χ2n) is 4.22. The third-order valence-electron chi connectivity index (χ3n) is 2.40.